The molecule has 0 aliphatic heterocycles. The molecule has 1 aromatic rings. The molecule has 19 heavy (non-hydrogen) atoms. The number of nitrogens with one attached hydrogen (secondary N) is 2. The van der Waals surface area contributed by atoms with Crippen molar-refractivity contribution < 1.29 is 4.79 Å². The number of anilines is 2. The lowest BCUT2D eigenvalue weighted by atomic mass is 9.89. The summed E-state index contributed by atoms with van der Waals surface area (Å²) < 4.78 is 0. The van der Waals surface area contributed by atoms with Crippen LogP contribution in [0.5, 0.6) is 0 Å². The maximum Gasteiger partial charge on any atom is 0.251 e. The zero-order chi connectivity index (χ0) is 14.5. The number of amides is 1. The Morgan fingerprint density at radius 3 is 2.26 bits per heavy atom. The summed E-state index contributed by atoms with van der Waals surface area (Å²) in [7, 11) is 1.63. The molecule has 0 saturated heterocycles. The number of carbonyl (C=O) groups excluding carboxylic acids is 1. The average Bonchev–Trinajstić information content (AvgIpc) is 2.46. The highest BCUT2D eigenvalue weighted by Crippen LogP contribution is 2.29. The van der Waals surface area contributed by atoms with Gasteiger partial charge >= 0.3 is 0 Å². The number of nitrogens with two attached hydrogens (primary N) is 1. The van der Waals surface area contributed by atoms with Gasteiger partial charge in [0.25, 0.3) is 5.91 Å². The van der Waals surface area contributed by atoms with E-state index in [2.05, 4.69) is 31.4 Å². The van der Waals surface area contributed by atoms with Crippen molar-refractivity contribution in [3.05, 3.63) is 23.8 Å². The summed E-state index contributed by atoms with van der Waals surface area (Å²) in [6.07, 6.45) is 3.05. The monoisotopic (exact) mass is 263 g/mol. The fraction of sp³-hybridized carbons (Fsp3) is 0.533. The van der Waals surface area contributed by atoms with Gasteiger partial charge in [0.05, 0.1) is 11.4 Å². The minimum absolute atomic E-state index is 0.0371. The van der Waals surface area contributed by atoms with E-state index in [9.17, 15) is 4.79 Å². The number of carbonyl (C=O) groups is 1. The first-order valence-electron chi connectivity index (χ1n) is 6.91. The second-order valence-electron chi connectivity index (χ2n) is 4.85. The molecule has 0 atom stereocenters. The minimum Gasteiger partial charge on any atom is -0.397 e. The Labute approximate surface area is 115 Å². The van der Waals surface area contributed by atoms with Gasteiger partial charge in [-0.3, -0.25) is 4.79 Å². The topological polar surface area (TPSA) is 67.2 Å². The highest BCUT2D eigenvalue weighted by atomic mass is 16.1. The second-order valence-corrected chi connectivity index (χ2v) is 4.85. The van der Waals surface area contributed by atoms with Crippen LogP contribution in [0.25, 0.3) is 0 Å². The molecule has 4 N–H and O–H groups in total. The fourth-order valence-corrected chi connectivity index (χ4v) is 2.25. The third kappa shape index (κ3) is 3.40. The Bertz CT molecular complexity index is 431. The van der Waals surface area contributed by atoms with E-state index in [-0.39, 0.29) is 11.4 Å². The summed E-state index contributed by atoms with van der Waals surface area (Å²) in [6.45, 7) is 6.50. The molecule has 0 fully saturated rings. The zero-order valence-electron chi connectivity index (χ0n) is 12.3. The normalized spacial score (nSPS) is 11.2. The lowest BCUT2D eigenvalue weighted by Gasteiger charge is -2.33. The molecule has 106 valence electrons. The molecule has 0 aliphatic carbocycles. The van der Waals surface area contributed by atoms with Gasteiger partial charge in [0, 0.05) is 18.2 Å². The van der Waals surface area contributed by atoms with Gasteiger partial charge in [0.2, 0.25) is 0 Å². The van der Waals surface area contributed by atoms with Crippen molar-refractivity contribution in [2.24, 2.45) is 0 Å². The first-order valence-corrected chi connectivity index (χ1v) is 6.91. The van der Waals surface area contributed by atoms with Crippen LogP contribution in [-0.2, 0) is 0 Å². The molecule has 0 unspecified atom stereocenters. The van der Waals surface area contributed by atoms with Crippen LogP contribution in [-0.4, -0.2) is 18.5 Å². The van der Waals surface area contributed by atoms with Crippen LogP contribution in [0.15, 0.2) is 18.2 Å². The van der Waals surface area contributed by atoms with Crippen molar-refractivity contribution in [3.8, 4) is 0 Å². The number of nitrogen functional groups attached to an aromatic ring is 1. The molecule has 1 aromatic carbocycles. The van der Waals surface area contributed by atoms with Crippen LogP contribution in [0.4, 0.5) is 11.4 Å². The third-order valence-corrected chi connectivity index (χ3v) is 3.97. The number of benzene rings is 1. The first-order chi connectivity index (χ1) is 9.01. The van der Waals surface area contributed by atoms with Crippen LogP contribution in [0, 0.1) is 0 Å². The molecule has 4 heteroatoms. The van der Waals surface area contributed by atoms with Crippen molar-refractivity contribution in [1.29, 1.82) is 0 Å². The Morgan fingerprint density at radius 2 is 1.79 bits per heavy atom. The van der Waals surface area contributed by atoms with Crippen molar-refractivity contribution in [1.82, 2.24) is 5.32 Å². The molecular weight excluding hydrogens is 238 g/mol. The molecule has 0 aliphatic rings. The third-order valence-electron chi connectivity index (χ3n) is 3.97. The van der Waals surface area contributed by atoms with Crippen molar-refractivity contribution in [3.63, 3.8) is 0 Å². The SMILES string of the molecule is CCC(CC)(CC)Nc1cc(C(=O)NC)ccc1N. The Morgan fingerprint density at radius 1 is 1.21 bits per heavy atom. The van der Waals surface area contributed by atoms with Crippen LogP contribution in [0.2, 0.25) is 0 Å². The summed E-state index contributed by atoms with van der Waals surface area (Å²) in [4.78, 5) is 11.7. The minimum atomic E-state index is -0.0989. The van der Waals surface area contributed by atoms with Crippen LogP contribution >= 0.6 is 0 Å². The Hall–Kier alpha value is -1.71. The van der Waals surface area contributed by atoms with E-state index in [1.165, 1.54) is 0 Å². The first kappa shape index (κ1) is 15.3. The average molecular weight is 263 g/mol. The molecule has 0 aromatic heterocycles. The molecule has 0 spiro atoms. The van der Waals surface area contributed by atoms with Gasteiger partial charge in [-0.2, -0.15) is 0 Å². The van der Waals surface area contributed by atoms with Crippen LogP contribution in [0.3, 0.4) is 0 Å². The van der Waals surface area contributed by atoms with E-state index >= 15 is 0 Å². The lowest BCUT2D eigenvalue weighted by Crippen LogP contribution is -2.36. The molecular formula is C15H25N3O. The lowest BCUT2D eigenvalue weighted by molar-refractivity contribution is 0.0963. The quantitative estimate of drug-likeness (QED) is 0.691. The predicted octanol–water partition coefficient (Wildman–Crippen LogP) is 3.01. The summed E-state index contributed by atoms with van der Waals surface area (Å²) in [5.74, 6) is -0.0989. The molecule has 0 saturated carbocycles. The second kappa shape index (κ2) is 6.45. The predicted molar refractivity (Wildman–Crippen MR) is 81.5 cm³/mol. The molecule has 0 radical (unpaired) electrons. The Balaban J connectivity index is 3.09. The molecule has 0 heterocycles. The van der Waals surface area contributed by atoms with Crippen LogP contribution in [0.1, 0.15) is 50.4 Å². The summed E-state index contributed by atoms with van der Waals surface area (Å²) in [5.41, 5.74) is 8.18. The summed E-state index contributed by atoms with van der Waals surface area (Å²) in [5, 5.41) is 6.15. The maximum atomic E-state index is 11.7. The van der Waals surface area contributed by atoms with Gasteiger partial charge < -0.3 is 16.4 Å². The van der Waals surface area contributed by atoms with E-state index in [1.54, 1.807) is 19.2 Å². The molecule has 1 rings (SSSR count). The standard InChI is InChI=1S/C15H25N3O/c1-5-15(6-2,7-3)18-13-10-11(14(19)17-4)8-9-12(13)16/h8-10,18H,5-7,16H2,1-4H3,(H,17,19). The highest BCUT2D eigenvalue weighted by molar-refractivity contribution is 5.96. The number of rotatable bonds is 6. The smallest absolute Gasteiger partial charge is 0.251 e. The van der Waals surface area contributed by atoms with Gasteiger partial charge in [-0.25, -0.2) is 0 Å². The van der Waals surface area contributed by atoms with Gasteiger partial charge in [-0.05, 0) is 37.5 Å². The van der Waals surface area contributed by atoms with Gasteiger partial charge in [0.15, 0.2) is 0 Å². The molecule has 4 nitrogen and oxygen atoms in total. The van der Waals surface area contributed by atoms with E-state index < -0.39 is 0 Å². The van der Waals surface area contributed by atoms with Crippen molar-refractivity contribution in [2.75, 3.05) is 18.1 Å². The summed E-state index contributed by atoms with van der Waals surface area (Å²) in [6, 6.07) is 5.34. The van der Waals surface area contributed by atoms with E-state index in [4.69, 9.17) is 5.73 Å². The molecule has 0 bridgehead atoms. The van der Waals surface area contributed by atoms with Crippen molar-refractivity contribution >= 4 is 17.3 Å². The van der Waals surface area contributed by atoms with E-state index in [1.807, 2.05) is 6.07 Å². The van der Waals surface area contributed by atoms with Gasteiger partial charge in [-0.1, -0.05) is 20.8 Å². The maximum absolute atomic E-state index is 11.7. The van der Waals surface area contributed by atoms with Crippen LogP contribution < -0.4 is 16.4 Å². The largest absolute Gasteiger partial charge is 0.397 e. The van der Waals surface area contributed by atoms with E-state index in [0.29, 0.717) is 11.3 Å². The van der Waals surface area contributed by atoms with Gasteiger partial charge in [-0.15, -0.1) is 0 Å². The zero-order valence-corrected chi connectivity index (χ0v) is 12.3. The van der Waals surface area contributed by atoms with Crippen molar-refractivity contribution in [2.45, 2.75) is 45.6 Å². The number of hydrogen-bond acceptors (Lipinski definition) is 3. The summed E-state index contributed by atoms with van der Waals surface area (Å²) >= 11 is 0. The number of hydrogen-bond donors (Lipinski definition) is 3. The highest BCUT2D eigenvalue weighted by Gasteiger charge is 2.24. The van der Waals surface area contributed by atoms with E-state index in [0.717, 1.165) is 24.9 Å². The Kier molecular flexibility index (Phi) is 5.21. The van der Waals surface area contributed by atoms with Gasteiger partial charge in [0.1, 0.15) is 0 Å². The fourth-order valence-electron chi connectivity index (χ4n) is 2.25. The molecule has 1 amide bonds.